The Kier molecular flexibility index (Phi) is 1.58. The Morgan fingerprint density at radius 3 is 3.00 bits per heavy atom. The van der Waals surface area contributed by atoms with Crippen LogP contribution < -0.4 is 0 Å². The molecule has 5 rings (SSSR count). The minimum Gasteiger partial charge on any atom is -0.291 e. The largest absolute Gasteiger partial charge is 0.291 e. The number of imidazole rings is 1. The van der Waals surface area contributed by atoms with Gasteiger partial charge in [0.15, 0.2) is 4.96 Å². The number of hydrogen-bond donors (Lipinski definition) is 0. The predicted molar refractivity (Wildman–Crippen MR) is 69.0 cm³/mol. The van der Waals surface area contributed by atoms with Crippen molar-refractivity contribution in [3.8, 4) is 0 Å². The van der Waals surface area contributed by atoms with Crippen LogP contribution in [0, 0.1) is 0 Å². The van der Waals surface area contributed by atoms with Crippen LogP contribution in [0.1, 0.15) is 65.9 Å². The highest BCUT2D eigenvalue weighted by atomic mass is 32.1. The van der Waals surface area contributed by atoms with Crippen molar-refractivity contribution in [1.29, 1.82) is 0 Å². The van der Waals surface area contributed by atoms with Crippen LogP contribution in [-0.4, -0.2) is 9.38 Å². The molecule has 2 unspecified atom stereocenters. The molecule has 0 spiro atoms. The van der Waals surface area contributed by atoms with E-state index in [0.29, 0.717) is 0 Å². The second-order valence-electron chi connectivity index (χ2n) is 5.89. The van der Waals surface area contributed by atoms with Crippen LogP contribution in [-0.2, 0) is 12.8 Å². The molecule has 2 heterocycles. The van der Waals surface area contributed by atoms with Crippen molar-refractivity contribution in [2.45, 2.75) is 56.8 Å². The summed E-state index contributed by atoms with van der Waals surface area (Å²) in [5, 5.41) is 0. The van der Waals surface area contributed by atoms with Gasteiger partial charge in [0.2, 0.25) is 0 Å². The van der Waals surface area contributed by atoms with Gasteiger partial charge >= 0.3 is 0 Å². The van der Waals surface area contributed by atoms with E-state index in [1.54, 1.807) is 16.3 Å². The van der Waals surface area contributed by atoms with Crippen molar-refractivity contribution in [2.75, 3.05) is 0 Å². The average Bonchev–Trinajstić information content (AvgIpc) is 3.05. The van der Waals surface area contributed by atoms with Gasteiger partial charge in [-0.15, -0.1) is 11.3 Å². The lowest BCUT2D eigenvalue weighted by Gasteiger charge is -2.14. The average molecular weight is 244 g/mol. The molecule has 3 heteroatoms. The Morgan fingerprint density at radius 1 is 1.12 bits per heavy atom. The van der Waals surface area contributed by atoms with E-state index in [1.807, 2.05) is 11.3 Å². The van der Waals surface area contributed by atoms with Gasteiger partial charge in [-0.05, 0) is 44.9 Å². The fraction of sp³-hybridized carbons (Fsp3) is 0.643. The van der Waals surface area contributed by atoms with E-state index in [4.69, 9.17) is 4.98 Å². The van der Waals surface area contributed by atoms with E-state index < -0.39 is 0 Å². The molecule has 1 fully saturated rings. The summed E-state index contributed by atoms with van der Waals surface area (Å²) in [5.74, 6) is 1.65. The monoisotopic (exact) mass is 244 g/mol. The van der Waals surface area contributed by atoms with Gasteiger partial charge in [0.25, 0.3) is 0 Å². The Labute approximate surface area is 105 Å². The number of fused-ring (bicyclic) bond motifs is 9. The van der Waals surface area contributed by atoms with Crippen LogP contribution in [0.3, 0.4) is 0 Å². The molecule has 1 saturated carbocycles. The van der Waals surface area contributed by atoms with Gasteiger partial charge in [-0.1, -0.05) is 0 Å². The number of rotatable bonds is 0. The van der Waals surface area contributed by atoms with E-state index in [-0.39, 0.29) is 0 Å². The molecule has 0 aromatic carbocycles. The SMILES string of the molecule is C1CCc2c(sc3nc4c(n23)C2CCC4C2)C1. The van der Waals surface area contributed by atoms with Crippen LogP contribution in [0.25, 0.3) is 4.96 Å². The summed E-state index contributed by atoms with van der Waals surface area (Å²) in [6, 6.07) is 0. The third-order valence-electron chi connectivity index (χ3n) is 4.99. The van der Waals surface area contributed by atoms with Gasteiger partial charge in [0.1, 0.15) is 0 Å². The Bertz CT molecular complexity index is 622. The molecular formula is C14H16N2S. The maximum absolute atomic E-state index is 4.96. The molecule has 2 bridgehead atoms. The summed E-state index contributed by atoms with van der Waals surface area (Å²) < 4.78 is 2.57. The molecule has 0 saturated heterocycles. The van der Waals surface area contributed by atoms with Crippen LogP contribution in [0.5, 0.6) is 0 Å². The van der Waals surface area contributed by atoms with Gasteiger partial charge in [0, 0.05) is 22.4 Å². The molecule has 0 amide bonds. The van der Waals surface area contributed by atoms with Crippen LogP contribution >= 0.6 is 11.3 Å². The zero-order chi connectivity index (χ0) is 11.0. The summed E-state index contributed by atoms with van der Waals surface area (Å²) in [6.07, 6.45) is 9.54. The highest BCUT2D eigenvalue weighted by Crippen LogP contribution is 2.53. The van der Waals surface area contributed by atoms with Crippen LogP contribution in [0.4, 0.5) is 0 Å². The number of hydrogen-bond acceptors (Lipinski definition) is 2. The van der Waals surface area contributed by atoms with Crippen molar-refractivity contribution in [3.05, 3.63) is 22.0 Å². The maximum Gasteiger partial charge on any atom is 0.194 e. The molecule has 0 radical (unpaired) electrons. The fourth-order valence-electron chi connectivity index (χ4n) is 4.25. The summed E-state index contributed by atoms with van der Waals surface area (Å²) in [5.41, 5.74) is 4.72. The molecule has 88 valence electrons. The van der Waals surface area contributed by atoms with E-state index >= 15 is 0 Å². The highest BCUT2D eigenvalue weighted by molar-refractivity contribution is 7.17. The number of aromatic nitrogens is 2. The highest BCUT2D eigenvalue weighted by Gasteiger charge is 2.42. The molecule has 3 aliphatic carbocycles. The van der Waals surface area contributed by atoms with E-state index in [1.165, 1.54) is 55.6 Å². The number of nitrogens with zero attached hydrogens (tertiary/aromatic N) is 2. The van der Waals surface area contributed by atoms with Crippen molar-refractivity contribution >= 4 is 16.3 Å². The lowest BCUT2D eigenvalue weighted by Crippen LogP contribution is -2.07. The third-order valence-corrected chi connectivity index (χ3v) is 6.13. The molecule has 2 nitrogen and oxygen atoms in total. The molecule has 17 heavy (non-hydrogen) atoms. The smallest absolute Gasteiger partial charge is 0.194 e. The van der Waals surface area contributed by atoms with Crippen LogP contribution in [0.15, 0.2) is 0 Å². The molecule has 2 atom stereocenters. The van der Waals surface area contributed by atoms with Crippen molar-refractivity contribution in [2.24, 2.45) is 0 Å². The van der Waals surface area contributed by atoms with E-state index in [2.05, 4.69) is 4.40 Å². The molecule has 0 N–H and O–H groups in total. The second kappa shape index (κ2) is 2.94. The number of aryl methyl sites for hydroxylation is 2. The molecule has 3 aliphatic rings. The summed E-state index contributed by atoms with van der Waals surface area (Å²) in [7, 11) is 0. The first kappa shape index (κ1) is 9.15. The van der Waals surface area contributed by atoms with Gasteiger partial charge in [-0.3, -0.25) is 4.40 Å². The molecular weight excluding hydrogens is 228 g/mol. The summed E-state index contributed by atoms with van der Waals surface area (Å²) in [6.45, 7) is 0. The van der Waals surface area contributed by atoms with Crippen molar-refractivity contribution in [3.63, 3.8) is 0 Å². The Hall–Kier alpha value is -0.830. The lowest BCUT2D eigenvalue weighted by atomic mass is 10.00. The molecule has 0 aliphatic heterocycles. The Balaban J connectivity index is 1.86. The second-order valence-corrected chi connectivity index (χ2v) is 6.95. The minimum atomic E-state index is 0.807. The van der Waals surface area contributed by atoms with Crippen molar-refractivity contribution < 1.29 is 0 Å². The number of thiazole rings is 1. The normalized spacial score (nSPS) is 29.9. The zero-order valence-electron chi connectivity index (χ0n) is 9.91. The molecule has 2 aromatic heterocycles. The molecule has 2 aromatic rings. The van der Waals surface area contributed by atoms with Gasteiger partial charge < -0.3 is 0 Å². The first-order valence-corrected chi connectivity index (χ1v) is 7.76. The summed E-state index contributed by atoms with van der Waals surface area (Å²) >= 11 is 1.97. The maximum atomic E-state index is 4.96. The van der Waals surface area contributed by atoms with Crippen LogP contribution in [0.2, 0.25) is 0 Å². The quantitative estimate of drug-likeness (QED) is 0.691. The zero-order valence-corrected chi connectivity index (χ0v) is 10.7. The first-order chi connectivity index (χ1) is 8.42. The van der Waals surface area contributed by atoms with Gasteiger partial charge in [-0.2, -0.15) is 0 Å². The standard InChI is InChI=1S/C14H16N2S/c1-2-4-11-10(3-1)16-13-9-6-5-8(7-9)12(13)15-14(16)17-11/h8-9H,1-7H2. The van der Waals surface area contributed by atoms with E-state index in [9.17, 15) is 0 Å². The first-order valence-electron chi connectivity index (χ1n) is 6.94. The van der Waals surface area contributed by atoms with Gasteiger partial charge in [0.05, 0.1) is 11.4 Å². The Morgan fingerprint density at radius 2 is 2.00 bits per heavy atom. The third kappa shape index (κ3) is 1.00. The summed E-state index contributed by atoms with van der Waals surface area (Å²) in [4.78, 5) is 7.90. The predicted octanol–water partition coefficient (Wildman–Crippen LogP) is 3.64. The topological polar surface area (TPSA) is 17.3 Å². The van der Waals surface area contributed by atoms with E-state index in [0.717, 1.165) is 11.8 Å². The minimum absolute atomic E-state index is 0.807. The fourth-order valence-corrected chi connectivity index (χ4v) is 5.47. The van der Waals surface area contributed by atoms with Gasteiger partial charge in [-0.25, -0.2) is 4.98 Å². The lowest BCUT2D eigenvalue weighted by molar-refractivity contribution is 0.648. The van der Waals surface area contributed by atoms with Crippen molar-refractivity contribution in [1.82, 2.24) is 9.38 Å².